The molecule has 1 fully saturated rings. The highest BCUT2D eigenvalue weighted by Crippen LogP contribution is 2.36. The van der Waals surface area contributed by atoms with Crippen molar-refractivity contribution in [2.45, 2.75) is 51.2 Å². The quantitative estimate of drug-likeness (QED) is 0.705. The van der Waals surface area contributed by atoms with Crippen LogP contribution in [0.4, 0.5) is 5.82 Å². The minimum atomic E-state index is -1.08. The first-order valence-electron chi connectivity index (χ1n) is 8.81. The number of carbonyl (C=O) groups is 2. The number of hydrogen-bond donors (Lipinski definition) is 3. The first-order chi connectivity index (χ1) is 12.7. The first kappa shape index (κ1) is 19.2. The van der Waals surface area contributed by atoms with Crippen molar-refractivity contribution in [1.29, 1.82) is 0 Å². The Bertz CT molecular complexity index is 826. The number of aromatic amines is 1. The SMILES string of the molecule is CC(=O)N[C@H]1C[C@@H](c2cc(NC(=O)C(C)(C)Oc3ccc(Cl)cc3)[nH]n2)C1. The van der Waals surface area contributed by atoms with E-state index in [1.807, 2.05) is 6.07 Å². The monoisotopic (exact) mass is 390 g/mol. The molecule has 0 atom stereocenters. The molecule has 1 heterocycles. The summed E-state index contributed by atoms with van der Waals surface area (Å²) in [6.45, 7) is 4.90. The Hall–Kier alpha value is -2.54. The smallest absolute Gasteiger partial charge is 0.269 e. The van der Waals surface area contributed by atoms with Gasteiger partial charge in [-0.25, -0.2) is 0 Å². The Balaban J connectivity index is 1.55. The minimum Gasteiger partial charge on any atom is -0.478 e. The van der Waals surface area contributed by atoms with Crippen molar-refractivity contribution in [3.63, 3.8) is 0 Å². The highest BCUT2D eigenvalue weighted by molar-refractivity contribution is 6.30. The van der Waals surface area contributed by atoms with Crippen LogP contribution in [0.5, 0.6) is 5.75 Å². The highest BCUT2D eigenvalue weighted by Gasteiger charge is 2.34. The van der Waals surface area contributed by atoms with E-state index in [9.17, 15) is 9.59 Å². The molecule has 3 N–H and O–H groups in total. The third kappa shape index (κ3) is 4.80. The molecule has 0 radical (unpaired) electrons. The zero-order valence-corrected chi connectivity index (χ0v) is 16.3. The zero-order valence-electron chi connectivity index (χ0n) is 15.5. The fourth-order valence-electron chi connectivity index (χ4n) is 2.99. The maximum Gasteiger partial charge on any atom is 0.269 e. The third-order valence-corrected chi connectivity index (χ3v) is 4.80. The van der Waals surface area contributed by atoms with Crippen molar-refractivity contribution in [2.24, 2.45) is 0 Å². The molecule has 1 aliphatic rings. The molecule has 0 aliphatic heterocycles. The fraction of sp³-hybridized carbons (Fsp3) is 0.421. The number of nitrogens with zero attached hydrogens (tertiary/aromatic N) is 1. The van der Waals surface area contributed by atoms with Gasteiger partial charge in [-0.3, -0.25) is 14.7 Å². The van der Waals surface area contributed by atoms with Crippen molar-refractivity contribution in [3.8, 4) is 5.75 Å². The van der Waals surface area contributed by atoms with E-state index in [1.165, 1.54) is 6.92 Å². The van der Waals surface area contributed by atoms with Gasteiger partial charge in [0.05, 0.1) is 5.69 Å². The Morgan fingerprint density at radius 2 is 1.93 bits per heavy atom. The van der Waals surface area contributed by atoms with Crippen LogP contribution in [-0.2, 0) is 9.59 Å². The number of benzene rings is 1. The van der Waals surface area contributed by atoms with Gasteiger partial charge < -0.3 is 15.4 Å². The molecule has 1 aliphatic carbocycles. The molecule has 27 heavy (non-hydrogen) atoms. The maximum atomic E-state index is 12.6. The molecule has 8 heteroatoms. The normalized spacial score (nSPS) is 19.1. The summed E-state index contributed by atoms with van der Waals surface area (Å²) >= 11 is 5.86. The molecule has 0 bridgehead atoms. The third-order valence-electron chi connectivity index (χ3n) is 4.54. The lowest BCUT2D eigenvalue weighted by molar-refractivity contribution is -0.128. The van der Waals surface area contributed by atoms with E-state index in [4.69, 9.17) is 16.3 Å². The van der Waals surface area contributed by atoms with Crippen molar-refractivity contribution >= 4 is 29.2 Å². The molecule has 2 aromatic rings. The van der Waals surface area contributed by atoms with Crippen LogP contribution in [0.3, 0.4) is 0 Å². The number of carbonyl (C=O) groups excluding carboxylic acids is 2. The number of H-pyrrole nitrogens is 1. The van der Waals surface area contributed by atoms with Gasteiger partial charge in [-0.2, -0.15) is 5.10 Å². The fourth-order valence-corrected chi connectivity index (χ4v) is 3.12. The second kappa shape index (κ2) is 7.60. The maximum absolute atomic E-state index is 12.6. The average Bonchev–Trinajstić information content (AvgIpc) is 3.00. The molecule has 0 unspecified atom stereocenters. The Morgan fingerprint density at radius 3 is 2.56 bits per heavy atom. The van der Waals surface area contributed by atoms with Crippen LogP contribution in [0.25, 0.3) is 0 Å². The van der Waals surface area contributed by atoms with Crippen LogP contribution in [0, 0.1) is 0 Å². The lowest BCUT2D eigenvalue weighted by Crippen LogP contribution is -2.42. The highest BCUT2D eigenvalue weighted by atomic mass is 35.5. The number of anilines is 1. The summed E-state index contributed by atoms with van der Waals surface area (Å²) in [7, 11) is 0. The van der Waals surface area contributed by atoms with E-state index in [1.54, 1.807) is 38.1 Å². The number of halogens is 1. The molecule has 3 rings (SSSR count). The molecule has 0 saturated heterocycles. The van der Waals surface area contributed by atoms with E-state index in [0.29, 0.717) is 16.6 Å². The molecular weight excluding hydrogens is 368 g/mol. The van der Waals surface area contributed by atoms with Gasteiger partial charge in [0.2, 0.25) is 5.91 Å². The number of rotatable bonds is 6. The summed E-state index contributed by atoms with van der Waals surface area (Å²) in [6, 6.07) is 8.87. The summed E-state index contributed by atoms with van der Waals surface area (Å²) < 4.78 is 5.78. The second-order valence-electron chi connectivity index (χ2n) is 7.29. The van der Waals surface area contributed by atoms with Gasteiger partial charge in [-0.05, 0) is 51.0 Å². The number of amides is 2. The van der Waals surface area contributed by atoms with Crippen LogP contribution < -0.4 is 15.4 Å². The lowest BCUT2D eigenvalue weighted by Gasteiger charge is -2.34. The van der Waals surface area contributed by atoms with Crippen LogP contribution in [0.2, 0.25) is 5.02 Å². The second-order valence-corrected chi connectivity index (χ2v) is 7.73. The standard InChI is InChI=1S/C19H23ClN4O3/c1-11(25)21-14-8-12(9-14)16-10-17(24-23-16)22-18(26)19(2,3)27-15-6-4-13(20)5-7-15/h4-7,10,12,14H,8-9H2,1-3H3,(H,21,25)(H2,22,23,24,26)/t12-,14+. The summed E-state index contributed by atoms with van der Waals surface area (Å²) in [5.74, 6) is 1.05. The predicted octanol–water partition coefficient (Wildman–Crippen LogP) is 3.24. The van der Waals surface area contributed by atoms with E-state index in [-0.39, 0.29) is 23.8 Å². The molecule has 144 valence electrons. The van der Waals surface area contributed by atoms with Gasteiger partial charge in [0, 0.05) is 30.0 Å². The van der Waals surface area contributed by atoms with Gasteiger partial charge in [0.25, 0.3) is 5.91 Å². The summed E-state index contributed by atoms with van der Waals surface area (Å²) in [5.41, 5.74) is -0.199. The topological polar surface area (TPSA) is 96.1 Å². The van der Waals surface area contributed by atoms with Crippen molar-refractivity contribution in [1.82, 2.24) is 15.5 Å². The predicted molar refractivity (Wildman–Crippen MR) is 103 cm³/mol. The summed E-state index contributed by atoms with van der Waals surface area (Å²) in [5, 5.41) is 13.4. The van der Waals surface area contributed by atoms with Crippen molar-refractivity contribution in [2.75, 3.05) is 5.32 Å². The first-order valence-corrected chi connectivity index (χ1v) is 9.19. The van der Waals surface area contributed by atoms with Crippen LogP contribution in [-0.4, -0.2) is 33.7 Å². The van der Waals surface area contributed by atoms with E-state index in [0.717, 1.165) is 18.5 Å². The van der Waals surface area contributed by atoms with Gasteiger partial charge in [-0.1, -0.05) is 11.6 Å². The molecule has 2 amide bonds. The van der Waals surface area contributed by atoms with Crippen molar-refractivity contribution in [3.05, 3.63) is 41.0 Å². The van der Waals surface area contributed by atoms with E-state index < -0.39 is 5.60 Å². The van der Waals surface area contributed by atoms with Gasteiger partial charge in [-0.15, -0.1) is 0 Å². The molecular formula is C19H23ClN4O3. The molecule has 1 aromatic carbocycles. The molecule has 0 spiro atoms. The number of aromatic nitrogens is 2. The molecule has 1 aromatic heterocycles. The van der Waals surface area contributed by atoms with Crippen molar-refractivity contribution < 1.29 is 14.3 Å². The number of hydrogen-bond acceptors (Lipinski definition) is 4. The van der Waals surface area contributed by atoms with E-state index >= 15 is 0 Å². The van der Waals surface area contributed by atoms with Gasteiger partial charge in [0.1, 0.15) is 11.6 Å². The Morgan fingerprint density at radius 1 is 1.26 bits per heavy atom. The van der Waals surface area contributed by atoms with E-state index in [2.05, 4.69) is 20.8 Å². The van der Waals surface area contributed by atoms with Gasteiger partial charge >= 0.3 is 0 Å². The largest absolute Gasteiger partial charge is 0.478 e. The average molecular weight is 391 g/mol. The van der Waals surface area contributed by atoms with Crippen LogP contribution in [0.15, 0.2) is 30.3 Å². The Kier molecular flexibility index (Phi) is 5.41. The zero-order chi connectivity index (χ0) is 19.6. The Labute approximate surface area is 162 Å². The number of ether oxygens (including phenoxy) is 1. The number of nitrogens with one attached hydrogen (secondary N) is 3. The lowest BCUT2D eigenvalue weighted by atomic mass is 9.78. The summed E-state index contributed by atoms with van der Waals surface area (Å²) in [4.78, 5) is 23.6. The van der Waals surface area contributed by atoms with Gasteiger partial charge in [0.15, 0.2) is 5.60 Å². The van der Waals surface area contributed by atoms with Crippen LogP contribution in [0.1, 0.15) is 45.2 Å². The molecule has 1 saturated carbocycles. The minimum absolute atomic E-state index is 0.0173. The summed E-state index contributed by atoms with van der Waals surface area (Å²) in [6.07, 6.45) is 1.70. The van der Waals surface area contributed by atoms with Crippen LogP contribution >= 0.6 is 11.6 Å². The molecule has 7 nitrogen and oxygen atoms in total.